The molecule has 0 saturated heterocycles. The Labute approximate surface area is 105 Å². The summed E-state index contributed by atoms with van der Waals surface area (Å²) in [6.45, 7) is -0.170. The molecule has 1 aromatic rings. The quantitative estimate of drug-likeness (QED) is 0.282. The van der Waals surface area contributed by atoms with E-state index in [1.165, 1.54) is 0 Å². The Kier molecular flexibility index (Phi) is 5.38. The fourth-order valence-electron chi connectivity index (χ4n) is 0.800. The Morgan fingerprint density at radius 2 is 2.33 bits per heavy atom. The second kappa shape index (κ2) is 7.06. The molecule has 0 aliphatic carbocycles. The number of hydrogen-bond donors (Lipinski definition) is 2. The zero-order valence-electron chi connectivity index (χ0n) is 8.90. The van der Waals surface area contributed by atoms with Crippen LogP contribution in [0.2, 0.25) is 0 Å². The highest BCUT2D eigenvalue weighted by molar-refractivity contribution is 7.10. The van der Waals surface area contributed by atoms with Crippen LogP contribution in [0.1, 0.15) is 12.2 Å². The summed E-state index contributed by atoms with van der Waals surface area (Å²) >= 11 is 0.869. The van der Waals surface area contributed by atoms with Crippen molar-refractivity contribution >= 4 is 41.0 Å². The van der Waals surface area contributed by atoms with Crippen molar-refractivity contribution in [2.45, 2.75) is 6.42 Å². The van der Waals surface area contributed by atoms with E-state index in [0.29, 0.717) is 12.7 Å². The van der Waals surface area contributed by atoms with Gasteiger partial charge < -0.3 is 15.3 Å². The van der Waals surface area contributed by atoms with E-state index in [-0.39, 0.29) is 29.7 Å². The summed E-state index contributed by atoms with van der Waals surface area (Å²) in [5, 5.41) is 14.2. The van der Waals surface area contributed by atoms with Crippen LogP contribution < -0.4 is 5.32 Å². The van der Waals surface area contributed by atoms with E-state index < -0.39 is 5.97 Å². The van der Waals surface area contributed by atoms with Crippen LogP contribution in [0, 0.1) is 0 Å². The van der Waals surface area contributed by atoms with Gasteiger partial charge in [0.1, 0.15) is 6.61 Å². The zero-order valence-corrected chi connectivity index (χ0v) is 9.72. The molecule has 96 valence electrons. The number of aliphatic carboxylic acids is 1. The van der Waals surface area contributed by atoms with Crippen LogP contribution in [-0.4, -0.2) is 45.4 Å². The highest BCUT2D eigenvalue weighted by atomic mass is 32.1. The molecule has 1 heterocycles. The Hall–Kier alpha value is -2.36. The second-order valence-corrected chi connectivity index (χ2v) is 3.51. The third kappa shape index (κ3) is 4.25. The van der Waals surface area contributed by atoms with Gasteiger partial charge in [-0.15, -0.1) is 0 Å². The van der Waals surface area contributed by atoms with E-state index >= 15 is 0 Å². The molecule has 2 N–H and O–H groups in total. The molecular weight excluding hydrogens is 264 g/mol. The third-order valence-corrected chi connectivity index (χ3v) is 2.17. The molecule has 0 radical (unpaired) electrons. The molecule has 1 amide bonds. The molecule has 1 rings (SSSR count). The largest absolute Gasteiger partial charge is 0.481 e. The third-order valence-electron chi connectivity index (χ3n) is 1.52. The lowest BCUT2D eigenvalue weighted by Gasteiger charge is -1.96. The average molecular weight is 272 g/mol. The number of rotatable bonds is 8. The molecule has 9 nitrogen and oxygen atoms in total. The molecule has 0 bridgehead atoms. The number of carboxylic acid groups (broad SMARTS) is 1. The minimum Gasteiger partial charge on any atom is -0.481 e. The topological polar surface area (TPSA) is 131 Å². The Morgan fingerprint density at radius 3 is 2.94 bits per heavy atom. The molecule has 0 aromatic carbocycles. The monoisotopic (exact) mass is 272 g/mol. The number of hydrogen-bond acceptors (Lipinski definition) is 8. The first kappa shape index (κ1) is 13.7. The molecule has 0 unspecified atom stereocenters. The molecule has 1 aromatic heterocycles. The van der Waals surface area contributed by atoms with Crippen molar-refractivity contribution in [1.29, 1.82) is 0 Å². The lowest BCUT2D eigenvalue weighted by Crippen LogP contribution is -2.07. The van der Waals surface area contributed by atoms with Crippen molar-refractivity contribution in [3.05, 3.63) is 5.82 Å². The number of nitrogens with one attached hydrogen (secondary N) is 1. The minimum atomic E-state index is -1.04. The molecule has 18 heavy (non-hydrogen) atoms. The maximum Gasteiger partial charge on any atom is 0.306 e. The standard InChI is InChI=1S/C8H8N4O5S/c13-3-5(11-17-2-1-6(15)16)7-10-8(9-4-14)18-12-7/h3-4H,1-2H2,(H,15,16)(H,9,10,12,14)/b11-5-. The molecule has 0 spiro atoms. The molecule has 0 atom stereocenters. The summed E-state index contributed by atoms with van der Waals surface area (Å²) in [5.41, 5.74) is -0.185. The Bertz CT molecular complexity index is 472. The van der Waals surface area contributed by atoms with Crippen LogP contribution in [0.4, 0.5) is 5.13 Å². The molecule has 0 aliphatic heterocycles. The molecule has 0 aliphatic rings. The van der Waals surface area contributed by atoms with Gasteiger partial charge in [-0.1, -0.05) is 5.16 Å². The van der Waals surface area contributed by atoms with Gasteiger partial charge in [-0.05, 0) is 0 Å². The smallest absolute Gasteiger partial charge is 0.306 e. The maximum absolute atomic E-state index is 10.7. The number of carboxylic acids is 1. The van der Waals surface area contributed by atoms with Crippen molar-refractivity contribution in [1.82, 2.24) is 9.36 Å². The van der Waals surface area contributed by atoms with Crippen molar-refractivity contribution in [3.63, 3.8) is 0 Å². The van der Waals surface area contributed by atoms with Crippen LogP contribution in [0.15, 0.2) is 5.16 Å². The number of aldehydes is 1. The first-order valence-corrected chi connectivity index (χ1v) is 5.36. The predicted molar refractivity (Wildman–Crippen MR) is 60.4 cm³/mol. The zero-order chi connectivity index (χ0) is 13.4. The minimum absolute atomic E-state index is 0.00493. The van der Waals surface area contributed by atoms with E-state index in [1.54, 1.807) is 0 Å². The number of aromatic nitrogens is 2. The van der Waals surface area contributed by atoms with E-state index in [2.05, 4.69) is 24.7 Å². The molecule has 10 heteroatoms. The van der Waals surface area contributed by atoms with Gasteiger partial charge in [0.25, 0.3) is 0 Å². The summed E-state index contributed by atoms with van der Waals surface area (Å²) in [4.78, 5) is 39.5. The first-order valence-electron chi connectivity index (χ1n) is 4.58. The number of oxime groups is 1. The Balaban J connectivity index is 2.63. The highest BCUT2D eigenvalue weighted by Gasteiger charge is 2.11. The van der Waals surface area contributed by atoms with Gasteiger partial charge in [0.15, 0.2) is 17.8 Å². The second-order valence-electron chi connectivity index (χ2n) is 2.76. The lowest BCUT2D eigenvalue weighted by molar-refractivity contribution is -0.138. The van der Waals surface area contributed by atoms with Gasteiger partial charge in [-0.3, -0.25) is 14.4 Å². The van der Waals surface area contributed by atoms with Crippen molar-refractivity contribution < 1.29 is 24.3 Å². The fraction of sp³-hybridized carbons (Fsp3) is 0.250. The van der Waals surface area contributed by atoms with Crippen molar-refractivity contribution in [3.8, 4) is 0 Å². The predicted octanol–water partition coefficient (Wildman–Crippen LogP) is -0.499. The van der Waals surface area contributed by atoms with Crippen LogP contribution in [0.25, 0.3) is 0 Å². The van der Waals surface area contributed by atoms with Gasteiger partial charge in [-0.2, -0.15) is 9.36 Å². The van der Waals surface area contributed by atoms with Gasteiger partial charge in [0, 0.05) is 11.5 Å². The molecule has 0 saturated carbocycles. The fourth-order valence-corrected chi connectivity index (χ4v) is 1.34. The SMILES string of the molecule is O=CNc1nc(/C(C=O)=N\OCCC(=O)O)ns1. The van der Waals surface area contributed by atoms with Crippen LogP contribution >= 0.6 is 11.5 Å². The number of nitrogens with zero attached hydrogens (tertiary/aromatic N) is 3. The van der Waals surface area contributed by atoms with Crippen molar-refractivity contribution in [2.75, 3.05) is 11.9 Å². The normalized spacial score (nSPS) is 10.8. The van der Waals surface area contributed by atoms with Gasteiger partial charge >= 0.3 is 5.97 Å². The van der Waals surface area contributed by atoms with E-state index in [4.69, 9.17) is 5.11 Å². The van der Waals surface area contributed by atoms with Crippen molar-refractivity contribution in [2.24, 2.45) is 5.16 Å². The summed E-state index contributed by atoms with van der Waals surface area (Å²) in [6.07, 6.45) is 0.553. The van der Waals surface area contributed by atoms with Crippen LogP contribution in [0.3, 0.4) is 0 Å². The Morgan fingerprint density at radius 1 is 1.56 bits per heavy atom. The first-order chi connectivity index (χ1) is 8.67. The lowest BCUT2D eigenvalue weighted by atomic mass is 10.4. The number of carbonyl (C=O) groups is 3. The average Bonchev–Trinajstić information content (AvgIpc) is 2.78. The summed E-state index contributed by atoms with van der Waals surface area (Å²) < 4.78 is 3.77. The van der Waals surface area contributed by atoms with Crippen LogP contribution in [-0.2, 0) is 19.2 Å². The summed E-state index contributed by atoms with van der Waals surface area (Å²) in [7, 11) is 0. The van der Waals surface area contributed by atoms with E-state index in [0.717, 1.165) is 11.5 Å². The number of carbonyl (C=O) groups excluding carboxylic acids is 2. The summed E-state index contributed by atoms with van der Waals surface area (Å²) in [5.74, 6) is -1.04. The summed E-state index contributed by atoms with van der Waals surface area (Å²) in [6, 6.07) is 0. The van der Waals surface area contributed by atoms with Gasteiger partial charge in [0.05, 0.1) is 6.42 Å². The van der Waals surface area contributed by atoms with Crippen LogP contribution in [0.5, 0.6) is 0 Å². The molecule has 0 fully saturated rings. The maximum atomic E-state index is 10.7. The number of anilines is 1. The highest BCUT2D eigenvalue weighted by Crippen LogP contribution is 2.10. The number of amides is 1. The van der Waals surface area contributed by atoms with E-state index in [1.807, 2.05) is 0 Å². The van der Waals surface area contributed by atoms with Gasteiger partial charge in [-0.25, -0.2) is 0 Å². The van der Waals surface area contributed by atoms with E-state index in [9.17, 15) is 14.4 Å². The van der Waals surface area contributed by atoms with Gasteiger partial charge in [0.2, 0.25) is 11.5 Å². The molecular formula is C8H8N4O5S.